The van der Waals surface area contributed by atoms with Gasteiger partial charge in [-0.05, 0) is 64.0 Å². The summed E-state index contributed by atoms with van der Waals surface area (Å²) in [6, 6.07) is 20.9. The molecule has 31 heavy (non-hydrogen) atoms. The first-order valence-corrected chi connectivity index (χ1v) is 10.0. The van der Waals surface area contributed by atoms with Crippen molar-refractivity contribution in [2.45, 2.75) is 0 Å². The summed E-state index contributed by atoms with van der Waals surface area (Å²) in [5.41, 5.74) is 3.43. The molecule has 0 spiro atoms. The lowest BCUT2D eigenvalue weighted by atomic mass is 10.2. The number of hydrogen-bond donors (Lipinski definition) is 1. The number of ether oxygens (including phenoxy) is 3. The molecule has 0 radical (unpaired) electrons. The summed E-state index contributed by atoms with van der Waals surface area (Å²) in [6.07, 6.45) is 1.45. The molecule has 1 N–H and O–H groups in total. The second-order valence-corrected chi connectivity index (χ2v) is 7.03. The highest BCUT2D eigenvalue weighted by Crippen LogP contribution is 2.29. The molecule has 8 heteroatoms. The van der Waals surface area contributed by atoms with Crippen LogP contribution in [0.3, 0.4) is 0 Å². The number of halogens is 1. The predicted octanol–water partition coefficient (Wildman–Crippen LogP) is 4.21. The Bertz CT molecular complexity index is 1090. The molecule has 158 valence electrons. The predicted molar refractivity (Wildman–Crippen MR) is 120 cm³/mol. The molecule has 0 atom stereocenters. The molecule has 7 nitrogen and oxygen atoms in total. The minimum Gasteiger partial charge on any atom is -0.493 e. The molecule has 3 rings (SSSR count). The maximum atomic E-state index is 12.4. The molecule has 0 heterocycles. The van der Waals surface area contributed by atoms with Crippen LogP contribution in [0.1, 0.15) is 15.9 Å². The minimum atomic E-state index is -0.516. The van der Waals surface area contributed by atoms with Crippen LogP contribution in [0.4, 0.5) is 0 Å². The summed E-state index contributed by atoms with van der Waals surface area (Å²) in [7, 11) is 1.47. The standard InChI is InChI=1S/C23H19BrN2O5/c1-29-21-13-16(14-25-26-22(27)15-30-17-7-3-2-4-8-17)11-12-20(21)31-23(28)18-9-5-6-10-19(18)24/h2-14H,15H2,1H3,(H,26,27). The number of esters is 1. The summed E-state index contributed by atoms with van der Waals surface area (Å²) in [5.74, 6) is 0.298. The van der Waals surface area contributed by atoms with Crippen molar-refractivity contribution in [3.63, 3.8) is 0 Å². The highest BCUT2D eigenvalue weighted by atomic mass is 79.9. The van der Waals surface area contributed by atoms with Crippen molar-refractivity contribution in [1.82, 2.24) is 5.43 Å². The van der Waals surface area contributed by atoms with E-state index in [1.54, 1.807) is 48.5 Å². The van der Waals surface area contributed by atoms with Gasteiger partial charge in [-0.15, -0.1) is 0 Å². The number of hydrazone groups is 1. The number of nitrogens with zero attached hydrogens (tertiary/aromatic N) is 1. The second kappa shape index (κ2) is 10.9. The highest BCUT2D eigenvalue weighted by molar-refractivity contribution is 9.10. The van der Waals surface area contributed by atoms with Crippen molar-refractivity contribution in [1.29, 1.82) is 0 Å². The first-order valence-electron chi connectivity index (χ1n) is 9.21. The Morgan fingerprint density at radius 2 is 1.74 bits per heavy atom. The van der Waals surface area contributed by atoms with E-state index in [2.05, 4.69) is 26.5 Å². The van der Waals surface area contributed by atoms with Gasteiger partial charge in [0.2, 0.25) is 0 Å². The summed E-state index contributed by atoms with van der Waals surface area (Å²) in [5, 5.41) is 3.90. The number of para-hydroxylation sites is 1. The molecule has 0 aliphatic heterocycles. The van der Waals surface area contributed by atoms with Crippen LogP contribution < -0.4 is 19.6 Å². The summed E-state index contributed by atoms with van der Waals surface area (Å²) < 4.78 is 16.7. The third-order valence-corrected chi connectivity index (χ3v) is 4.69. The fourth-order valence-corrected chi connectivity index (χ4v) is 2.95. The fourth-order valence-electron chi connectivity index (χ4n) is 2.51. The molecule has 3 aromatic carbocycles. The molecule has 0 unspecified atom stereocenters. The van der Waals surface area contributed by atoms with Gasteiger partial charge in [0, 0.05) is 4.47 Å². The maximum Gasteiger partial charge on any atom is 0.344 e. The van der Waals surface area contributed by atoms with Crippen LogP contribution in [0.15, 0.2) is 82.4 Å². The molecular weight excluding hydrogens is 464 g/mol. The Hall–Kier alpha value is -3.65. The molecular formula is C23H19BrN2O5. The first-order chi connectivity index (χ1) is 15.1. The highest BCUT2D eigenvalue weighted by Gasteiger charge is 2.15. The maximum absolute atomic E-state index is 12.4. The van der Waals surface area contributed by atoms with Gasteiger partial charge in [0.15, 0.2) is 18.1 Å². The molecule has 0 aromatic heterocycles. The van der Waals surface area contributed by atoms with Gasteiger partial charge in [0.1, 0.15) is 5.75 Å². The first kappa shape index (κ1) is 22.0. The van der Waals surface area contributed by atoms with Gasteiger partial charge < -0.3 is 14.2 Å². The molecule has 0 aliphatic rings. The second-order valence-electron chi connectivity index (χ2n) is 6.17. The average Bonchev–Trinajstić information content (AvgIpc) is 2.79. The summed E-state index contributed by atoms with van der Waals surface area (Å²) in [4.78, 5) is 24.2. The van der Waals surface area contributed by atoms with E-state index >= 15 is 0 Å². The smallest absolute Gasteiger partial charge is 0.344 e. The van der Waals surface area contributed by atoms with Crippen molar-refractivity contribution >= 4 is 34.0 Å². The molecule has 1 amide bonds. The quantitative estimate of drug-likeness (QED) is 0.225. The molecule has 0 fully saturated rings. The lowest BCUT2D eigenvalue weighted by Crippen LogP contribution is -2.24. The van der Waals surface area contributed by atoms with Crippen LogP contribution in [-0.2, 0) is 4.79 Å². The van der Waals surface area contributed by atoms with Crippen LogP contribution >= 0.6 is 15.9 Å². The third-order valence-electron chi connectivity index (χ3n) is 4.00. The monoisotopic (exact) mass is 482 g/mol. The number of carbonyl (C=O) groups excluding carboxylic acids is 2. The van der Waals surface area contributed by atoms with E-state index in [0.29, 0.717) is 27.1 Å². The van der Waals surface area contributed by atoms with Gasteiger partial charge in [0.25, 0.3) is 5.91 Å². The SMILES string of the molecule is COc1cc(C=NNC(=O)COc2ccccc2)ccc1OC(=O)c1ccccc1Br. The Morgan fingerprint density at radius 3 is 2.48 bits per heavy atom. The molecule has 3 aromatic rings. The largest absolute Gasteiger partial charge is 0.493 e. The molecule has 0 saturated heterocycles. The Kier molecular flexibility index (Phi) is 7.78. The van der Waals surface area contributed by atoms with Crippen LogP contribution in [0.2, 0.25) is 0 Å². The van der Waals surface area contributed by atoms with Gasteiger partial charge in [0.05, 0.1) is 18.9 Å². The Balaban J connectivity index is 1.58. The van der Waals surface area contributed by atoms with Crippen LogP contribution in [0.25, 0.3) is 0 Å². The van der Waals surface area contributed by atoms with Gasteiger partial charge in [-0.3, -0.25) is 4.79 Å². The van der Waals surface area contributed by atoms with Gasteiger partial charge in [-0.1, -0.05) is 30.3 Å². The van der Waals surface area contributed by atoms with Crippen molar-refractivity contribution < 1.29 is 23.8 Å². The molecule has 0 aliphatic carbocycles. The lowest BCUT2D eigenvalue weighted by molar-refractivity contribution is -0.123. The average molecular weight is 483 g/mol. The van der Waals surface area contributed by atoms with Gasteiger partial charge in [-0.2, -0.15) is 5.10 Å². The van der Waals surface area contributed by atoms with Crippen LogP contribution in [0, 0.1) is 0 Å². The van der Waals surface area contributed by atoms with Crippen LogP contribution in [0.5, 0.6) is 17.2 Å². The Morgan fingerprint density at radius 1 is 1.00 bits per heavy atom. The van der Waals surface area contributed by atoms with E-state index in [1.165, 1.54) is 13.3 Å². The van der Waals surface area contributed by atoms with Gasteiger partial charge >= 0.3 is 5.97 Å². The van der Waals surface area contributed by atoms with E-state index in [-0.39, 0.29) is 12.4 Å². The summed E-state index contributed by atoms with van der Waals surface area (Å²) in [6.45, 7) is -0.158. The molecule has 0 bridgehead atoms. The number of rotatable bonds is 8. The van der Waals surface area contributed by atoms with E-state index < -0.39 is 11.9 Å². The van der Waals surface area contributed by atoms with Crippen molar-refractivity contribution in [2.24, 2.45) is 5.10 Å². The number of amides is 1. The van der Waals surface area contributed by atoms with Crippen molar-refractivity contribution in [2.75, 3.05) is 13.7 Å². The number of carbonyl (C=O) groups is 2. The third kappa shape index (κ3) is 6.42. The summed E-state index contributed by atoms with van der Waals surface area (Å²) >= 11 is 3.33. The number of benzene rings is 3. The normalized spacial score (nSPS) is 10.5. The van der Waals surface area contributed by atoms with E-state index in [0.717, 1.165) is 0 Å². The zero-order valence-corrected chi connectivity index (χ0v) is 18.2. The van der Waals surface area contributed by atoms with Crippen molar-refractivity contribution in [3.8, 4) is 17.2 Å². The minimum absolute atomic E-state index is 0.158. The Labute approximate surface area is 187 Å². The van der Waals surface area contributed by atoms with Crippen LogP contribution in [-0.4, -0.2) is 31.8 Å². The number of nitrogens with one attached hydrogen (secondary N) is 1. The zero-order chi connectivity index (χ0) is 22.1. The number of hydrogen-bond acceptors (Lipinski definition) is 6. The van der Waals surface area contributed by atoms with E-state index in [9.17, 15) is 9.59 Å². The van der Waals surface area contributed by atoms with Crippen molar-refractivity contribution in [3.05, 3.63) is 88.4 Å². The lowest BCUT2D eigenvalue weighted by Gasteiger charge is -2.10. The number of methoxy groups -OCH3 is 1. The topological polar surface area (TPSA) is 86.2 Å². The van der Waals surface area contributed by atoms with E-state index in [4.69, 9.17) is 14.2 Å². The van der Waals surface area contributed by atoms with E-state index in [1.807, 2.05) is 24.3 Å². The zero-order valence-electron chi connectivity index (χ0n) is 16.6. The van der Waals surface area contributed by atoms with Gasteiger partial charge in [-0.25, -0.2) is 10.2 Å². The molecule has 0 saturated carbocycles. The fraction of sp³-hybridized carbons (Fsp3) is 0.0870.